The number of ether oxygens (including phenoxy) is 3. The lowest BCUT2D eigenvalue weighted by Crippen LogP contribution is -2.20. The molecule has 0 saturated heterocycles. The minimum Gasteiger partial charge on any atom is -0.465 e. The first-order valence-corrected chi connectivity index (χ1v) is 16.4. The quantitative estimate of drug-likeness (QED) is 0.0691. The van der Waals surface area contributed by atoms with Crippen molar-refractivity contribution in [1.82, 2.24) is 4.98 Å². The lowest BCUT2D eigenvalue weighted by atomic mass is 10.0. The number of pyridine rings is 1. The number of aromatic amines is 1. The van der Waals surface area contributed by atoms with Gasteiger partial charge in [0.1, 0.15) is 4.88 Å². The van der Waals surface area contributed by atoms with Gasteiger partial charge in [0.15, 0.2) is 5.69 Å². The zero-order valence-electron chi connectivity index (χ0n) is 24.3. The number of methoxy groups -OCH3 is 2. The van der Waals surface area contributed by atoms with Gasteiger partial charge in [-0.1, -0.05) is 40.2 Å². The topological polar surface area (TPSA) is 133 Å². The van der Waals surface area contributed by atoms with Crippen LogP contribution >= 0.6 is 38.6 Å². The molecule has 0 saturated carbocycles. The highest BCUT2D eigenvalue weighted by Gasteiger charge is 2.27. The summed E-state index contributed by atoms with van der Waals surface area (Å²) in [6.45, 7) is 6.93. The second-order valence-corrected chi connectivity index (χ2v) is 12.1. The molecule has 1 N–H and O–H groups in total. The molecule has 2 aromatic carbocycles. The van der Waals surface area contributed by atoms with E-state index in [1.807, 2.05) is 23.6 Å². The number of aromatic nitrogens is 1. The van der Waals surface area contributed by atoms with E-state index in [1.165, 1.54) is 36.9 Å². The maximum absolute atomic E-state index is 12.1. The molecule has 5 aromatic rings. The van der Waals surface area contributed by atoms with Crippen molar-refractivity contribution < 1.29 is 33.4 Å². The van der Waals surface area contributed by atoms with Gasteiger partial charge in [-0.2, -0.15) is 0 Å². The number of benzene rings is 2. The van der Waals surface area contributed by atoms with Crippen molar-refractivity contribution in [3.8, 4) is 11.3 Å². The number of carbonyl (C=O) groups excluding carboxylic acids is 4. The number of hydrogen-bond acceptors (Lipinski definition) is 10. The average Bonchev–Trinajstić information content (AvgIpc) is 3.83. The summed E-state index contributed by atoms with van der Waals surface area (Å²) in [5.74, 6) is -1.72. The Bertz CT molecular complexity index is 2120. The van der Waals surface area contributed by atoms with Gasteiger partial charge in [-0.3, -0.25) is 9.59 Å². The summed E-state index contributed by atoms with van der Waals surface area (Å²) in [5.41, 5.74) is 6.62. The summed E-state index contributed by atoms with van der Waals surface area (Å²) in [5, 5.41) is 5.15. The Morgan fingerprint density at radius 3 is 2.35 bits per heavy atom. The highest BCUT2D eigenvalue weighted by molar-refractivity contribution is 9.08. The van der Waals surface area contributed by atoms with Crippen molar-refractivity contribution in [3.63, 3.8) is 0 Å². The second kappa shape index (κ2) is 14.0. The monoisotopic (exact) mass is 718 g/mol. The van der Waals surface area contributed by atoms with E-state index >= 15 is 0 Å². The van der Waals surface area contributed by atoms with Gasteiger partial charge in [0.25, 0.3) is 5.56 Å². The minimum absolute atomic E-state index is 0.0740. The molecule has 4 heterocycles. The number of nitrogens with zero attached hydrogens (tertiary/aromatic N) is 1. The van der Waals surface area contributed by atoms with Crippen LogP contribution in [0.5, 0.6) is 0 Å². The number of alkyl halides is 1. The van der Waals surface area contributed by atoms with Crippen LogP contribution in [0.3, 0.4) is 0 Å². The number of cyclic esters (lactones) is 2. The van der Waals surface area contributed by atoms with Gasteiger partial charge >= 0.3 is 23.9 Å². The Hall–Kier alpha value is -4.90. The van der Waals surface area contributed by atoms with Crippen LogP contribution in [0.1, 0.15) is 52.6 Å². The molecular formula is C33H23BrN2O8S2. The Morgan fingerprint density at radius 2 is 1.63 bits per heavy atom. The predicted molar refractivity (Wildman–Crippen MR) is 177 cm³/mol. The fourth-order valence-electron chi connectivity index (χ4n) is 5.12. The van der Waals surface area contributed by atoms with Crippen LogP contribution in [-0.4, -0.2) is 43.1 Å². The molecule has 13 heteroatoms. The van der Waals surface area contributed by atoms with E-state index in [-0.39, 0.29) is 17.9 Å². The number of esters is 4. The molecule has 7 rings (SSSR count). The molecule has 0 bridgehead atoms. The van der Waals surface area contributed by atoms with Gasteiger partial charge in [-0.15, -0.1) is 22.7 Å². The molecule has 232 valence electrons. The van der Waals surface area contributed by atoms with Crippen molar-refractivity contribution >= 4 is 78.3 Å². The van der Waals surface area contributed by atoms with Crippen LogP contribution in [0.2, 0.25) is 0 Å². The third-order valence-electron chi connectivity index (χ3n) is 7.23. The number of rotatable bonds is 3. The average molecular weight is 720 g/mol. The standard InChI is InChI=1S/C16H11NO3S.C10H8BrNO2.C7H4O3S/c1-20-16(19)10-4-2-3-8-11(10)7-12-9-5-6-21-14(9)15(18)17-13(8)12;1-12-9-5-3-4-7(8(9)6-11)10(13)14-2;8-5-3-4-1-2-11-6(4)7(9)10-5/h2-6H,7H2,1H3,(H,17,18);3-5H,6H2,2H3;1-2H,3H2. The molecule has 10 nitrogen and oxygen atoms in total. The van der Waals surface area contributed by atoms with Crippen molar-refractivity contribution in [2.45, 2.75) is 18.2 Å². The Morgan fingerprint density at radius 1 is 0.935 bits per heavy atom. The molecule has 2 aliphatic rings. The number of halogens is 1. The highest BCUT2D eigenvalue weighted by Crippen LogP contribution is 2.40. The lowest BCUT2D eigenvalue weighted by molar-refractivity contribution is -0.137. The molecule has 0 atom stereocenters. The minimum atomic E-state index is -0.508. The predicted octanol–water partition coefficient (Wildman–Crippen LogP) is 6.85. The summed E-state index contributed by atoms with van der Waals surface area (Å²) >= 11 is 5.99. The summed E-state index contributed by atoms with van der Waals surface area (Å²) in [6, 6.07) is 14.3. The van der Waals surface area contributed by atoms with E-state index in [1.54, 1.807) is 35.7 Å². The molecule has 0 spiro atoms. The first-order chi connectivity index (χ1) is 22.2. The van der Waals surface area contributed by atoms with Crippen molar-refractivity contribution in [2.75, 3.05) is 14.2 Å². The number of H-pyrrole nitrogens is 1. The number of thiophene rings is 2. The zero-order chi connectivity index (χ0) is 33.0. The Balaban J connectivity index is 0.000000145. The van der Waals surface area contributed by atoms with E-state index in [4.69, 9.17) is 11.3 Å². The summed E-state index contributed by atoms with van der Waals surface area (Å²) in [4.78, 5) is 63.8. The van der Waals surface area contributed by atoms with Crippen molar-refractivity contribution in [1.29, 1.82) is 0 Å². The van der Waals surface area contributed by atoms with Gasteiger partial charge in [-0.05, 0) is 57.3 Å². The third kappa shape index (κ3) is 6.28. The van der Waals surface area contributed by atoms with Gasteiger partial charge in [0.05, 0.1) is 48.7 Å². The van der Waals surface area contributed by atoms with Gasteiger partial charge < -0.3 is 19.2 Å². The van der Waals surface area contributed by atoms with Gasteiger partial charge in [0.2, 0.25) is 0 Å². The SMILES string of the molecule is COC(=O)c1cccc2c1Cc1c-2[nH]c(=O)c2sccc12.O=C1Cc2ccsc2C(=O)O1.[C-]#[N+]c1cccc(C(=O)OC)c1CBr. The maximum atomic E-state index is 12.1. The van der Waals surface area contributed by atoms with Gasteiger partial charge in [-0.25, -0.2) is 19.2 Å². The van der Waals surface area contributed by atoms with E-state index in [0.717, 1.165) is 38.0 Å². The maximum Gasteiger partial charge on any atom is 0.356 e. The van der Waals surface area contributed by atoms with E-state index in [2.05, 4.69) is 35.2 Å². The van der Waals surface area contributed by atoms with Crippen LogP contribution in [0.15, 0.2) is 64.1 Å². The molecule has 0 radical (unpaired) electrons. The van der Waals surface area contributed by atoms with Gasteiger partial charge in [0, 0.05) is 22.7 Å². The first kappa shape index (κ1) is 32.5. The van der Waals surface area contributed by atoms with E-state index in [9.17, 15) is 24.0 Å². The third-order valence-corrected chi connectivity index (χ3v) is 9.64. The summed E-state index contributed by atoms with van der Waals surface area (Å²) in [7, 11) is 2.70. The van der Waals surface area contributed by atoms with E-state index < -0.39 is 17.9 Å². The van der Waals surface area contributed by atoms with Crippen LogP contribution in [0.25, 0.3) is 26.2 Å². The Labute approximate surface area is 278 Å². The number of fused-ring (bicyclic) bond motifs is 6. The van der Waals surface area contributed by atoms with Crippen LogP contribution in [0.4, 0.5) is 5.69 Å². The largest absolute Gasteiger partial charge is 0.465 e. The number of nitrogens with one attached hydrogen (secondary N) is 1. The van der Waals surface area contributed by atoms with Crippen molar-refractivity contribution in [3.05, 3.63) is 119 Å². The zero-order valence-corrected chi connectivity index (χ0v) is 27.5. The molecule has 0 amide bonds. The number of hydrogen-bond donors (Lipinski definition) is 1. The van der Waals surface area contributed by atoms with Crippen LogP contribution in [0, 0.1) is 6.57 Å². The molecule has 1 aliphatic carbocycles. The molecule has 3 aromatic heterocycles. The van der Waals surface area contributed by atoms with E-state index in [0.29, 0.717) is 39.0 Å². The first-order valence-electron chi connectivity index (χ1n) is 13.5. The van der Waals surface area contributed by atoms with Crippen LogP contribution < -0.4 is 5.56 Å². The smallest absolute Gasteiger partial charge is 0.356 e. The highest BCUT2D eigenvalue weighted by atomic mass is 79.9. The fraction of sp³-hybridized carbons (Fsp3) is 0.152. The number of carbonyl (C=O) groups is 4. The second-order valence-electron chi connectivity index (χ2n) is 9.72. The normalized spacial score (nSPS) is 12.2. The molecule has 46 heavy (non-hydrogen) atoms. The summed E-state index contributed by atoms with van der Waals surface area (Å²) < 4.78 is 14.6. The molecule has 0 fully saturated rings. The Kier molecular flexibility index (Phi) is 9.91. The lowest BCUT2D eigenvalue weighted by Gasteiger charge is -2.07. The van der Waals surface area contributed by atoms with Crippen molar-refractivity contribution in [2.24, 2.45) is 0 Å². The van der Waals surface area contributed by atoms with Crippen LogP contribution in [-0.2, 0) is 37.2 Å². The fourth-order valence-corrected chi connectivity index (χ4v) is 7.33. The molecule has 1 aliphatic heterocycles. The summed E-state index contributed by atoms with van der Waals surface area (Å²) in [6.07, 6.45) is 0.866. The molecular weight excluding hydrogens is 696 g/mol. The molecule has 0 unspecified atom stereocenters.